The molecule has 1 aromatic carbocycles. The Morgan fingerprint density at radius 2 is 1.71 bits per heavy atom. The molecule has 0 aliphatic carbocycles. The summed E-state index contributed by atoms with van der Waals surface area (Å²) in [5, 5.41) is 13.7. The molecule has 0 radical (unpaired) electrons. The molecule has 1 amide bonds. The largest absolute Gasteiger partial charge is 0.381 e. The monoisotopic (exact) mass is 560 g/mol. The maximum absolute atomic E-state index is 12.5. The number of piperazine rings is 1. The van der Waals surface area contributed by atoms with E-state index in [4.69, 9.17) is 15.5 Å². The number of rotatable bonds is 8. The Balaban J connectivity index is 1.17. The van der Waals surface area contributed by atoms with Crippen LogP contribution in [0.4, 0.5) is 23.0 Å². The lowest BCUT2D eigenvalue weighted by atomic mass is 10.0. The molecular formula is C29H40N10O2. The van der Waals surface area contributed by atoms with E-state index in [0.29, 0.717) is 36.6 Å². The number of primary amides is 1. The van der Waals surface area contributed by atoms with Gasteiger partial charge in [0.25, 0.3) is 5.91 Å². The number of benzene rings is 1. The molecule has 0 bridgehead atoms. The minimum absolute atomic E-state index is 0.0776. The first kappa shape index (κ1) is 27.4. The van der Waals surface area contributed by atoms with Crippen LogP contribution in [0.15, 0.2) is 36.7 Å². The molecule has 218 valence electrons. The van der Waals surface area contributed by atoms with Crippen LogP contribution in [0, 0.1) is 0 Å². The van der Waals surface area contributed by atoms with E-state index < -0.39 is 5.91 Å². The summed E-state index contributed by atoms with van der Waals surface area (Å²) < 4.78 is 5.51. The van der Waals surface area contributed by atoms with Crippen LogP contribution in [0.5, 0.6) is 0 Å². The van der Waals surface area contributed by atoms with Crippen molar-refractivity contribution in [3.05, 3.63) is 42.4 Å². The lowest BCUT2D eigenvalue weighted by molar-refractivity contribution is 0.0904. The lowest BCUT2D eigenvalue weighted by Gasteiger charge is -2.42. The number of hydrogen-bond donors (Lipinski definition) is 4. The molecule has 0 unspecified atom stereocenters. The van der Waals surface area contributed by atoms with E-state index >= 15 is 0 Å². The number of H-pyrrole nitrogens is 1. The number of nitrogens with two attached hydrogens (primary N) is 1. The highest BCUT2D eigenvalue weighted by molar-refractivity contribution is 5.97. The molecule has 12 heteroatoms. The molecule has 3 aromatic rings. The highest BCUT2D eigenvalue weighted by Gasteiger charge is 2.27. The molecule has 6 rings (SSSR count). The molecule has 3 fully saturated rings. The second-order valence-corrected chi connectivity index (χ2v) is 11.2. The van der Waals surface area contributed by atoms with Gasteiger partial charge in [-0.1, -0.05) is 0 Å². The highest BCUT2D eigenvalue weighted by atomic mass is 16.5. The fourth-order valence-corrected chi connectivity index (χ4v) is 5.98. The quantitative estimate of drug-likeness (QED) is 0.325. The van der Waals surface area contributed by atoms with Crippen LogP contribution in [0.25, 0.3) is 11.3 Å². The van der Waals surface area contributed by atoms with Crippen molar-refractivity contribution in [3.8, 4) is 11.3 Å². The Kier molecular flexibility index (Phi) is 8.31. The van der Waals surface area contributed by atoms with Gasteiger partial charge in [0.05, 0.1) is 6.20 Å². The second kappa shape index (κ2) is 12.4. The van der Waals surface area contributed by atoms with E-state index in [-0.39, 0.29) is 11.7 Å². The van der Waals surface area contributed by atoms with Crippen molar-refractivity contribution >= 4 is 28.9 Å². The van der Waals surface area contributed by atoms with Gasteiger partial charge in [0.15, 0.2) is 17.3 Å². The van der Waals surface area contributed by atoms with Gasteiger partial charge in [-0.15, -0.1) is 0 Å². The van der Waals surface area contributed by atoms with Crippen molar-refractivity contribution in [2.24, 2.45) is 5.73 Å². The molecular weight excluding hydrogens is 520 g/mol. The van der Waals surface area contributed by atoms with E-state index in [2.05, 4.69) is 59.7 Å². The molecule has 0 atom stereocenters. The predicted molar refractivity (Wildman–Crippen MR) is 160 cm³/mol. The van der Waals surface area contributed by atoms with Crippen LogP contribution in [-0.4, -0.2) is 107 Å². The van der Waals surface area contributed by atoms with Gasteiger partial charge in [0, 0.05) is 87.7 Å². The number of aromatic nitrogens is 4. The van der Waals surface area contributed by atoms with Crippen molar-refractivity contribution in [1.29, 1.82) is 0 Å². The average Bonchev–Trinajstić information content (AvgIpc) is 3.54. The first-order chi connectivity index (χ1) is 20.0. The van der Waals surface area contributed by atoms with E-state index in [1.54, 1.807) is 12.4 Å². The van der Waals surface area contributed by atoms with Gasteiger partial charge in [0.2, 0.25) is 0 Å². The molecule has 5 N–H and O–H groups in total. The van der Waals surface area contributed by atoms with Gasteiger partial charge in [-0.2, -0.15) is 5.10 Å². The maximum Gasteiger partial charge on any atom is 0.271 e. The van der Waals surface area contributed by atoms with Crippen LogP contribution in [-0.2, 0) is 4.74 Å². The number of carbonyl (C=O) groups is 1. The van der Waals surface area contributed by atoms with Crippen LogP contribution >= 0.6 is 0 Å². The van der Waals surface area contributed by atoms with Gasteiger partial charge < -0.3 is 30.9 Å². The number of anilines is 4. The third-order valence-corrected chi connectivity index (χ3v) is 8.48. The zero-order chi connectivity index (χ0) is 28.2. The van der Waals surface area contributed by atoms with Gasteiger partial charge in [-0.05, 0) is 57.0 Å². The highest BCUT2D eigenvalue weighted by Crippen LogP contribution is 2.31. The molecule has 5 heterocycles. The summed E-state index contributed by atoms with van der Waals surface area (Å²) in [6.07, 6.45) is 7.48. The van der Waals surface area contributed by atoms with E-state index in [1.807, 2.05) is 12.1 Å². The van der Waals surface area contributed by atoms with Gasteiger partial charge in [-0.3, -0.25) is 14.8 Å². The van der Waals surface area contributed by atoms with E-state index in [1.165, 1.54) is 31.6 Å². The Labute approximate surface area is 240 Å². The smallest absolute Gasteiger partial charge is 0.271 e. The first-order valence-electron chi connectivity index (χ1n) is 14.6. The number of ether oxygens (including phenoxy) is 1. The Bertz CT molecular complexity index is 1290. The van der Waals surface area contributed by atoms with Crippen LogP contribution < -0.4 is 21.3 Å². The fraction of sp³-hybridized carbons (Fsp3) is 0.517. The summed E-state index contributed by atoms with van der Waals surface area (Å²) in [6.45, 7) is 8.16. The third kappa shape index (κ3) is 6.45. The van der Waals surface area contributed by atoms with E-state index in [0.717, 1.165) is 50.3 Å². The third-order valence-electron chi connectivity index (χ3n) is 8.48. The van der Waals surface area contributed by atoms with Crippen LogP contribution in [0.2, 0.25) is 0 Å². The Morgan fingerprint density at radius 3 is 2.37 bits per heavy atom. The summed E-state index contributed by atoms with van der Waals surface area (Å²) in [5.41, 5.74) is 9.10. The van der Waals surface area contributed by atoms with Crippen molar-refractivity contribution in [1.82, 2.24) is 30.0 Å². The number of piperidine rings is 1. The molecule has 0 saturated carbocycles. The predicted octanol–water partition coefficient (Wildman–Crippen LogP) is 2.52. The molecule has 3 aliphatic heterocycles. The second-order valence-electron chi connectivity index (χ2n) is 11.2. The summed E-state index contributed by atoms with van der Waals surface area (Å²) >= 11 is 0. The summed E-state index contributed by atoms with van der Waals surface area (Å²) in [7, 11) is 2.21. The number of nitrogens with one attached hydrogen (secondary N) is 3. The Morgan fingerprint density at radius 1 is 0.976 bits per heavy atom. The van der Waals surface area contributed by atoms with Crippen LogP contribution in [0.1, 0.15) is 36.2 Å². The number of amides is 1. The number of hydrogen-bond acceptors (Lipinski definition) is 10. The summed E-state index contributed by atoms with van der Waals surface area (Å²) in [4.78, 5) is 29.5. The van der Waals surface area contributed by atoms with Gasteiger partial charge in [0.1, 0.15) is 5.69 Å². The maximum atomic E-state index is 12.5. The van der Waals surface area contributed by atoms with Crippen molar-refractivity contribution < 1.29 is 9.53 Å². The number of aromatic amines is 1. The summed E-state index contributed by atoms with van der Waals surface area (Å²) in [5.74, 6) is 0.243. The molecule has 3 saturated heterocycles. The topological polar surface area (TPSA) is 141 Å². The van der Waals surface area contributed by atoms with Crippen LogP contribution in [0.3, 0.4) is 0 Å². The standard InChI is InChI=1S/C29H40N10O2/c1-37-12-14-39(15-13-37)24-6-10-38(11-7-24)23-4-2-21(3-5-23)33-29-26(27(30)40)35-25(20-18-31-32-19-20)28(36-29)34-22-8-16-41-17-9-22/h2-5,18-19,22,24H,6-17H2,1H3,(H2,30,40)(H,31,32)(H2,33,34,36). The zero-order valence-corrected chi connectivity index (χ0v) is 23.7. The Hall–Kier alpha value is -3.74. The van der Waals surface area contributed by atoms with Crippen molar-refractivity contribution in [3.63, 3.8) is 0 Å². The average molecular weight is 561 g/mol. The normalized spacial score (nSPS) is 19.8. The first-order valence-corrected chi connectivity index (χ1v) is 14.6. The van der Waals surface area contributed by atoms with Gasteiger partial charge >= 0.3 is 0 Å². The number of likely N-dealkylation sites (N-methyl/N-ethyl adjacent to an activating group) is 1. The minimum atomic E-state index is -0.651. The minimum Gasteiger partial charge on any atom is -0.381 e. The number of carbonyl (C=O) groups excluding carboxylic acids is 1. The van der Waals surface area contributed by atoms with Gasteiger partial charge in [-0.25, -0.2) is 9.97 Å². The lowest BCUT2D eigenvalue weighted by Crippen LogP contribution is -2.52. The molecule has 3 aliphatic rings. The van der Waals surface area contributed by atoms with Crippen molar-refractivity contribution in [2.45, 2.75) is 37.8 Å². The SMILES string of the molecule is CN1CCN(C2CCN(c3ccc(Nc4nc(NC5CCOCC5)c(-c5cn[nH]c5)nc4C(N)=O)cc3)CC2)CC1. The molecule has 2 aromatic heterocycles. The number of nitrogens with zero attached hydrogens (tertiary/aromatic N) is 6. The fourth-order valence-electron chi connectivity index (χ4n) is 5.98. The summed E-state index contributed by atoms with van der Waals surface area (Å²) in [6, 6.07) is 9.15. The molecule has 0 spiro atoms. The molecule has 41 heavy (non-hydrogen) atoms. The molecule has 12 nitrogen and oxygen atoms in total. The van der Waals surface area contributed by atoms with Crippen molar-refractivity contribution in [2.75, 3.05) is 75.1 Å². The van der Waals surface area contributed by atoms with E-state index in [9.17, 15) is 4.79 Å². The zero-order valence-electron chi connectivity index (χ0n) is 23.7.